The molecule has 1 N–H and O–H groups in total. The Labute approximate surface area is 77.3 Å². The van der Waals surface area contributed by atoms with Crippen LogP contribution in [0.15, 0.2) is 0 Å². The molecule has 0 rings (SSSR count). The van der Waals surface area contributed by atoms with Crippen LogP contribution in [0.4, 0.5) is 0 Å². The standard InChI is InChI=1S/C10H24N2/c1-5-6-7-8-9-10(11-2)12(3)4/h10-11H,5-9H2,1-4H3. The Morgan fingerprint density at radius 2 is 1.83 bits per heavy atom. The summed E-state index contributed by atoms with van der Waals surface area (Å²) in [5, 5.41) is 3.30. The average Bonchev–Trinajstić information content (AvgIpc) is 2.04. The van der Waals surface area contributed by atoms with Crippen LogP contribution in [-0.2, 0) is 0 Å². The maximum absolute atomic E-state index is 3.30. The van der Waals surface area contributed by atoms with Crippen LogP contribution in [-0.4, -0.2) is 32.2 Å². The van der Waals surface area contributed by atoms with Gasteiger partial charge in [0.1, 0.15) is 0 Å². The Balaban J connectivity index is 3.32. The maximum atomic E-state index is 3.30. The lowest BCUT2D eigenvalue weighted by molar-refractivity contribution is 0.239. The molecule has 0 heterocycles. The minimum atomic E-state index is 0.557. The van der Waals surface area contributed by atoms with Crippen LogP contribution >= 0.6 is 0 Å². The summed E-state index contributed by atoms with van der Waals surface area (Å²) >= 11 is 0. The van der Waals surface area contributed by atoms with Crippen molar-refractivity contribution in [1.82, 2.24) is 10.2 Å². The van der Waals surface area contributed by atoms with Gasteiger partial charge in [-0.2, -0.15) is 0 Å². The smallest absolute Gasteiger partial charge is 0.0589 e. The van der Waals surface area contributed by atoms with Gasteiger partial charge in [0.25, 0.3) is 0 Å². The van der Waals surface area contributed by atoms with Gasteiger partial charge in [-0.3, -0.25) is 4.90 Å². The molecule has 0 aromatic carbocycles. The van der Waals surface area contributed by atoms with Crippen LogP contribution < -0.4 is 5.32 Å². The van der Waals surface area contributed by atoms with E-state index in [4.69, 9.17) is 0 Å². The van der Waals surface area contributed by atoms with E-state index < -0.39 is 0 Å². The summed E-state index contributed by atoms with van der Waals surface area (Å²) in [5.41, 5.74) is 0. The van der Waals surface area contributed by atoms with Gasteiger partial charge in [-0.15, -0.1) is 0 Å². The first-order valence-corrected chi connectivity index (χ1v) is 5.06. The van der Waals surface area contributed by atoms with Crippen molar-refractivity contribution in [3.63, 3.8) is 0 Å². The molecule has 0 aliphatic carbocycles. The second-order valence-electron chi connectivity index (χ2n) is 3.62. The fourth-order valence-electron chi connectivity index (χ4n) is 1.43. The van der Waals surface area contributed by atoms with Gasteiger partial charge in [0.2, 0.25) is 0 Å². The Kier molecular flexibility index (Phi) is 7.51. The quantitative estimate of drug-likeness (QED) is 0.467. The van der Waals surface area contributed by atoms with Gasteiger partial charge in [-0.25, -0.2) is 0 Å². The van der Waals surface area contributed by atoms with E-state index in [-0.39, 0.29) is 0 Å². The van der Waals surface area contributed by atoms with Gasteiger partial charge in [0, 0.05) is 0 Å². The molecule has 74 valence electrons. The molecule has 2 heteroatoms. The number of rotatable bonds is 7. The van der Waals surface area contributed by atoms with Gasteiger partial charge >= 0.3 is 0 Å². The lowest BCUT2D eigenvalue weighted by Crippen LogP contribution is -2.38. The summed E-state index contributed by atoms with van der Waals surface area (Å²) in [4.78, 5) is 2.24. The summed E-state index contributed by atoms with van der Waals surface area (Å²) in [7, 11) is 6.28. The highest BCUT2D eigenvalue weighted by Crippen LogP contribution is 2.06. The van der Waals surface area contributed by atoms with Gasteiger partial charge < -0.3 is 5.32 Å². The molecule has 0 aromatic heterocycles. The average molecular weight is 172 g/mol. The van der Waals surface area contributed by atoms with E-state index in [1.165, 1.54) is 32.1 Å². The minimum absolute atomic E-state index is 0.557. The third kappa shape index (κ3) is 5.56. The van der Waals surface area contributed by atoms with Crippen LogP contribution in [0.1, 0.15) is 39.0 Å². The molecule has 1 atom stereocenters. The van der Waals surface area contributed by atoms with E-state index in [9.17, 15) is 0 Å². The summed E-state index contributed by atoms with van der Waals surface area (Å²) in [6, 6.07) is 0. The summed E-state index contributed by atoms with van der Waals surface area (Å²) in [5.74, 6) is 0. The zero-order valence-corrected chi connectivity index (χ0v) is 9.06. The van der Waals surface area contributed by atoms with Gasteiger partial charge in [-0.05, 0) is 27.6 Å². The maximum Gasteiger partial charge on any atom is 0.0589 e. The molecule has 0 saturated heterocycles. The van der Waals surface area contributed by atoms with Crippen molar-refractivity contribution < 1.29 is 0 Å². The molecule has 12 heavy (non-hydrogen) atoms. The zero-order valence-electron chi connectivity index (χ0n) is 9.06. The Bertz CT molecular complexity index is 91.8. The third-order valence-corrected chi connectivity index (χ3v) is 2.29. The molecular formula is C10H24N2. The van der Waals surface area contributed by atoms with Crippen molar-refractivity contribution in [2.24, 2.45) is 0 Å². The van der Waals surface area contributed by atoms with E-state index in [1.807, 2.05) is 7.05 Å². The zero-order chi connectivity index (χ0) is 9.40. The van der Waals surface area contributed by atoms with Gasteiger partial charge in [-0.1, -0.05) is 32.6 Å². The number of hydrogen-bond donors (Lipinski definition) is 1. The van der Waals surface area contributed by atoms with Crippen molar-refractivity contribution in [2.75, 3.05) is 21.1 Å². The van der Waals surface area contributed by atoms with Crippen molar-refractivity contribution in [2.45, 2.75) is 45.2 Å². The summed E-state index contributed by atoms with van der Waals surface area (Å²) in [6.45, 7) is 2.25. The molecule has 1 unspecified atom stereocenters. The Morgan fingerprint density at radius 1 is 1.17 bits per heavy atom. The SMILES string of the molecule is CCCCCCC(NC)N(C)C. The van der Waals surface area contributed by atoms with Crippen LogP contribution in [0.2, 0.25) is 0 Å². The number of nitrogens with zero attached hydrogens (tertiary/aromatic N) is 1. The van der Waals surface area contributed by atoms with Gasteiger partial charge in [0.15, 0.2) is 0 Å². The molecule has 0 spiro atoms. The van der Waals surface area contributed by atoms with Crippen LogP contribution in [0.25, 0.3) is 0 Å². The molecule has 0 fully saturated rings. The first-order valence-electron chi connectivity index (χ1n) is 5.06. The lowest BCUT2D eigenvalue weighted by Gasteiger charge is -2.23. The molecule has 0 amide bonds. The Morgan fingerprint density at radius 3 is 2.25 bits per heavy atom. The van der Waals surface area contributed by atoms with E-state index in [0.29, 0.717) is 6.17 Å². The number of unbranched alkanes of at least 4 members (excludes halogenated alkanes) is 3. The molecule has 0 bridgehead atoms. The monoisotopic (exact) mass is 172 g/mol. The molecular weight excluding hydrogens is 148 g/mol. The predicted molar refractivity (Wildman–Crippen MR) is 55.3 cm³/mol. The molecule has 0 aromatic rings. The van der Waals surface area contributed by atoms with Crippen molar-refractivity contribution >= 4 is 0 Å². The number of nitrogens with one attached hydrogen (secondary N) is 1. The van der Waals surface area contributed by atoms with Crippen molar-refractivity contribution in [3.8, 4) is 0 Å². The largest absolute Gasteiger partial charge is 0.305 e. The normalized spacial score (nSPS) is 13.8. The molecule has 0 aliphatic rings. The van der Waals surface area contributed by atoms with Crippen molar-refractivity contribution in [1.29, 1.82) is 0 Å². The van der Waals surface area contributed by atoms with E-state index in [1.54, 1.807) is 0 Å². The lowest BCUT2D eigenvalue weighted by atomic mass is 10.1. The van der Waals surface area contributed by atoms with E-state index in [2.05, 4.69) is 31.2 Å². The molecule has 0 saturated carbocycles. The second-order valence-corrected chi connectivity index (χ2v) is 3.62. The highest BCUT2D eigenvalue weighted by atomic mass is 15.2. The van der Waals surface area contributed by atoms with Crippen LogP contribution in [0, 0.1) is 0 Å². The summed E-state index contributed by atoms with van der Waals surface area (Å²) < 4.78 is 0. The molecule has 0 radical (unpaired) electrons. The van der Waals surface area contributed by atoms with E-state index in [0.717, 1.165) is 0 Å². The summed E-state index contributed by atoms with van der Waals surface area (Å²) in [6.07, 6.45) is 7.25. The fourth-order valence-corrected chi connectivity index (χ4v) is 1.43. The topological polar surface area (TPSA) is 15.3 Å². The van der Waals surface area contributed by atoms with Crippen LogP contribution in [0.3, 0.4) is 0 Å². The second kappa shape index (κ2) is 7.56. The first kappa shape index (κ1) is 11.9. The van der Waals surface area contributed by atoms with Crippen molar-refractivity contribution in [3.05, 3.63) is 0 Å². The molecule has 0 aliphatic heterocycles. The molecule has 2 nitrogen and oxygen atoms in total. The highest BCUT2D eigenvalue weighted by molar-refractivity contribution is 4.60. The van der Waals surface area contributed by atoms with Crippen LogP contribution in [0.5, 0.6) is 0 Å². The third-order valence-electron chi connectivity index (χ3n) is 2.29. The first-order chi connectivity index (χ1) is 5.72. The minimum Gasteiger partial charge on any atom is -0.305 e. The highest BCUT2D eigenvalue weighted by Gasteiger charge is 2.06. The predicted octanol–water partition coefficient (Wildman–Crippen LogP) is 2.06. The van der Waals surface area contributed by atoms with Gasteiger partial charge in [0.05, 0.1) is 6.17 Å². The number of hydrogen-bond acceptors (Lipinski definition) is 2. The fraction of sp³-hybridized carbons (Fsp3) is 1.00. The van der Waals surface area contributed by atoms with E-state index >= 15 is 0 Å². The Hall–Kier alpha value is -0.0800.